The topological polar surface area (TPSA) is 105 Å². The molecule has 4 rings (SSSR count). The molecule has 0 aliphatic carbocycles. The molecule has 0 saturated carbocycles. The molecule has 1 aliphatic heterocycles. The zero-order valence-electron chi connectivity index (χ0n) is 22.2. The van der Waals surface area contributed by atoms with Crippen LogP contribution in [0.15, 0.2) is 60.8 Å². The highest BCUT2D eigenvalue weighted by molar-refractivity contribution is 6.08. The minimum Gasteiger partial charge on any atom is -0.395 e. The van der Waals surface area contributed by atoms with Crippen molar-refractivity contribution in [3.63, 3.8) is 0 Å². The first-order chi connectivity index (χ1) is 18.4. The first-order valence-corrected chi connectivity index (χ1v) is 12.3. The van der Waals surface area contributed by atoms with Crippen LogP contribution in [-0.2, 0) is 6.54 Å². The molecule has 2 heterocycles. The molecule has 3 N–H and O–H groups in total. The molecule has 2 amide bonds. The maximum Gasteiger partial charge on any atom is 0.586 e. The summed E-state index contributed by atoms with van der Waals surface area (Å²) in [7, 11) is 3.98. The van der Waals surface area contributed by atoms with Crippen molar-refractivity contribution >= 4 is 23.2 Å². The number of carbonyl (C=O) groups excluding carboxylic acids is 2. The van der Waals surface area contributed by atoms with E-state index in [9.17, 15) is 18.4 Å². The number of hydrogen-bond donors (Lipinski definition) is 3. The van der Waals surface area contributed by atoms with E-state index in [1.54, 1.807) is 42.6 Å². The average Bonchev–Trinajstić information content (AvgIpc) is 3.18. The molecule has 0 atom stereocenters. The monoisotopic (exact) mass is 539 g/mol. The predicted octanol–water partition coefficient (Wildman–Crippen LogP) is 4.59. The quantitative estimate of drug-likeness (QED) is 0.346. The number of rotatable bonds is 10. The zero-order chi connectivity index (χ0) is 28.2. The van der Waals surface area contributed by atoms with Crippen molar-refractivity contribution in [3.05, 3.63) is 77.6 Å². The van der Waals surface area contributed by atoms with Crippen molar-refractivity contribution < 1.29 is 27.8 Å². The zero-order valence-corrected chi connectivity index (χ0v) is 22.2. The number of para-hydroxylation sites is 1. The van der Waals surface area contributed by atoms with Gasteiger partial charge >= 0.3 is 6.29 Å². The number of pyridine rings is 1. The molecule has 0 bridgehead atoms. The van der Waals surface area contributed by atoms with E-state index in [-0.39, 0.29) is 28.5 Å². The number of nitrogens with one attached hydrogen (secondary N) is 3. The number of nitrogens with zero attached hydrogens (tertiary/aromatic N) is 2. The van der Waals surface area contributed by atoms with E-state index in [0.717, 1.165) is 12.1 Å². The first kappa shape index (κ1) is 27.8. The lowest BCUT2D eigenvalue weighted by Crippen LogP contribution is -2.40. The molecule has 0 fully saturated rings. The van der Waals surface area contributed by atoms with Gasteiger partial charge in [-0.25, -0.2) is 0 Å². The lowest BCUT2D eigenvalue weighted by Gasteiger charge is -2.28. The van der Waals surface area contributed by atoms with Crippen LogP contribution in [-0.4, -0.2) is 55.2 Å². The fourth-order valence-electron chi connectivity index (χ4n) is 4.29. The number of alkyl halides is 2. The van der Waals surface area contributed by atoms with Crippen molar-refractivity contribution in [1.29, 1.82) is 0 Å². The standard InChI is InChI=1S/C28H31F2N5O4/c1-27(2,17-35(3)4)16-33-26(37)22-13-18(11-12-31-22)15-32-21-8-6-5-7-20(21)25(36)34-19-9-10-23-24(14-19)39-28(29,30)38-23/h5-14,32H,15-17H2,1-4H3,(H,33,37)(H,34,36). The number of anilines is 2. The Hall–Kier alpha value is -4.25. The number of benzene rings is 2. The lowest BCUT2D eigenvalue weighted by atomic mass is 9.93. The number of aromatic nitrogens is 1. The van der Waals surface area contributed by atoms with Gasteiger partial charge in [0.1, 0.15) is 5.69 Å². The molecule has 206 valence electrons. The van der Waals surface area contributed by atoms with Crippen molar-refractivity contribution in [2.24, 2.45) is 5.41 Å². The third-order valence-corrected chi connectivity index (χ3v) is 5.84. The molecule has 1 aliphatic rings. The number of carbonyl (C=O) groups is 2. The largest absolute Gasteiger partial charge is 0.586 e. The summed E-state index contributed by atoms with van der Waals surface area (Å²) in [5.74, 6) is -0.977. The van der Waals surface area contributed by atoms with Crippen LogP contribution in [0.1, 0.15) is 40.3 Å². The highest BCUT2D eigenvalue weighted by Crippen LogP contribution is 2.42. The Morgan fingerprint density at radius 2 is 1.74 bits per heavy atom. The smallest absolute Gasteiger partial charge is 0.395 e. The van der Waals surface area contributed by atoms with Gasteiger partial charge in [0.15, 0.2) is 11.5 Å². The summed E-state index contributed by atoms with van der Waals surface area (Å²) in [4.78, 5) is 32.0. The Labute approximate surface area is 225 Å². The minimum atomic E-state index is -3.74. The van der Waals surface area contributed by atoms with Crippen LogP contribution in [0.25, 0.3) is 0 Å². The summed E-state index contributed by atoms with van der Waals surface area (Å²) >= 11 is 0. The number of fused-ring (bicyclic) bond motifs is 1. The highest BCUT2D eigenvalue weighted by Gasteiger charge is 2.43. The van der Waals surface area contributed by atoms with E-state index < -0.39 is 12.2 Å². The van der Waals surface area contributed by atoms with E-state index in [2.05, 4.69) is 49.2 Å². The van der Waals surface area contributed by atoms with Crippen LogP contribution in [0.2, 0.25) is 0 Å². The van der Waals surface area contributed by atoms with Crippen LogP contribution in [0.3, 0.4) is 0 Å². The van der Waals surface area contributed by atoms with Gasteiger partial charge in [0.2, 0.25) is 0 Å². The Morgan fingerprint density at radius 3 is 2.51 bits per heavy atom. The second-order valence-electron chi connectivity index (χ2n) is 10.3. The second kappa shape index (κ2) is 11.2. The predicted molar refractivity (Wildman–Crippen MR) is 143 cm³/mol. The van der Waals surface area contributed by atoms with Gasteiger partial charge in [-0.1, -0.05) is 26.0 Å². The van der Waals surface area contributed by atoms with Crippen LogP contribution < -0.4 is 25.4 Å². The summed E-state index contributed by atoms with van der Waals surface area (Å²) < 4.78 is 35.4. The summed E-state index contributed by atoms with van der Waals surface area (Å²) in [5, 5.41) is 8.87. The van der Waals surface area contributed by atoms with E-state index in [4.69, 9.17) is 0 Å². The van der Waals surface area contributed by atoms with Gasteiger partial charge in [-0.05, 0) is 61.5 Å². The summed E-state index contributed by atoms with van der Waals surface area (Å²) in [6.07, 6.45) is -2.17. The van der Waals surface area contributed by atoms with Crippen LogP contribution >= 0.6 is 0 Å². The lowest BCUT2D eigenvalue weighted by molar-refractivity contribution is -0.286. The van der Waals surface area contributed by atoms with Gasteiger partial charge in [-0.3, -0.25) is 14.6 Å². The minimum absolute atomic E-state index is 0.103. The Balaban J connectivity index is 1.39. The van der Waals surface area contributed by atoms with Crippen LogP contribution in [0.5, 0.6) is 11.5 Å². The fourth-order valence-corrected chi connectivity index (χ4v) is 4.29. The Bertz CT molecular complexity index is 1360. The highest BCUT2D eigenvalue weighted by atomic mass is 19.3. The van der Waals surface area contributed by atoms with E-state index in [1.165, 1.54) is 18.2 Å². The summed E-state index contributed by atoms with van der Waals surface area (Å²) in [5.41, 5.74) is 2.16. The average molecular weight is 540 g/mol. The van der Waals surface area contributed by atoms with E-state index in [1.807, 2.05) is 14.1 Å². The molecular formula is C28H31F2N5O4. The summed E-state index contributed by atoms with van der Waals surface area (Å²) in [6, 6.07) is 14.4. The number of ether oxygens (including phenoxy) is 2. The van der Waals surface area contributed by atoms with Crippen molar-refractivity contribution in [3.8, 4) is 11.5 Å². The molecule has 0 saturated heterocycles. The normalized spacial score (nSPS) is 13.7. The molecule has 1 aromatic heterocycles. The first-order valence-electron chi connectivity index (χ1n) is 12.3. The van der Waals surface area contributed by atoms with Gasteiger partial charge in [0, 0.05) is 43.3 Å². The van der Waals surface area contributed by atoms with E-state index >= 15 is 0 Å². The van der Waals surface area contributed by atoms with E-state index in [0.29, 0.717) is 30.0 Å². The van der Waals surface area contributed by atoms with Gasteiger partial charge in [-0.2, -0.15) is 0 Å². The molecule has 0 unspecified atom stereocenters. The van der Waals surface area contributed by atoms with Gasteiger partial charge in [0.25, 0.3) is 11.8 Å². The third-order valence-electron chi connectivity index (χ3n) is 5.84. The molecule has 39 heavy (non-hydrogen) atoms. The molecule has 2 aromatic carbocycles. The van der Waals surface area contributed by atoms with Crippen LogP contribution in [0.4, 0.5) is 20.2 Å². The van der Waals surface area contributed by atoms with Gasteiger partial charge < -0.3 is 30.3 Å². The van der Waals surface area contributed by atoms with Crippen LogP contribution in [0, 0.1) is 5.41 Å². The maximum absolute atomic E-state index is 13.3. The third kappa shape index (κ3) is 7.41. The molecule has 0 spiro atoms. The van der Waals surface area contributed by atoms with Crippen molar-refractivity contribution in [2.45, 2.75) is 26.7 Å². The Kier molecular flexibility index (Phi) is 8.01. The number of amides is 2. The molecule has 3 aromatic rings. The van der Waals surface area contributed by atoms with Crippen molar-refractivity contribution in [2.75, 3.05) is 37.8 Å². The maximum atomic E-state index is 13.3. The van der Waals surface area contributed by atoms with Gasteiger partial charge in [0.05, 0.1) is 5.56 Å². The molecular weight excluding hydrogens is 508 g/mol. The van der Waals surface area contributed by atoms with Gasteiger partial charge in [-0.15, -0.1) is 8.78 Å². The summed E-state index contributed by atoms with van der Waals surface area (Å²) in [6.45, 7) is 5.82. The van der Waals surface area contributed by atoms with Crippen molar-refractivity contribution in [1.82, 2.24) is 15.2 Å². The number of hydrogen-bond acceptors (Lipinski definition) is 7. The SMILES string of the molecule is CN(C)CC(C)(C)CNC(=O)c1cc(CNc2ccccc2C(=O)Nc2ccc3c(c2)OC(F)(F)O3)ccn1. The Morgan fingerprint density at radius 1 is 1.00 bits per heavy atom. The molecule has 11 heteroatoms. The molecule has 0 radical (unpaired) electrons. The number of halogens is 2. The fraction of sp³-hybridized carbons (Fsp3) is 0.321. The second-order valence-corrected chi connectivity index (χ2v) is 10.3. The molecule has 9 nitrogen and oxygen atoms in total.